The largest absolute Gasteiger partial charge is 0.497 e. The Morgan fingerprint density at radius 2 is 2.14 bits per heavy atom. The molecule has 3 rings (SSSR count). The van der Waals surface area contributed by atoms with Gasteiger partial charge in [-0.05, 0) is 36.8 Å². The number of hydrogen-bond donors (Lipinski definition) is 1. The minimum absolute atomic E-state index is 0.230. The van der Waals surface area contributed by atoms with Gasteiger partial charge in [0, 0.05) is 5.56 Å². The number of anilines is 1. The van der Waals surface area contributed by atoms with Crippen molar-refractivity contribution in [2.75, 3.05) is 12.4 Å². The molecular weight excluding hydrogens is 320 g/mol. The van der Waals surface area contributed by atoms with E-state index in [2.05, 4.69) is 10.3 Å². The number of ether oxygens (including phenoxy) is 1. The lowest BCUT2D eigenvalue weighted by Gasteiger charge is -2.04. The van der Waals surface area contributed by atoms with Gasteiger partial charge in [0.05, 0.1) is 22.3 Å². The number of carbonyl (C=O) groups is 1. The van der Waals surface area contributed by atoms with E-state index in [-0.39, 0.29) is 5.91 Å². The maximum absolute atomic E-state index is 12.3. The average Bonchev–Trinajstić information content (AvgIpc) is 2.96. The quantitative estimate of drug-likeness (QED) is 0.767. The molecule has 0 saturated carbocycles. The molecular formula is C16H13ClN2O2S. The number of amides is 1. The zero-order valence-electron chi connectivity index (χ0n) is 12.0. The molecule has 1 aromatic heterocycles. The molecule has 0 unspecified atom stereocenters. The van der Waals surface area contributed by atoms with Crippen LogP contribution in [0.4, 0.5) is 5.13 Å². The summed E-state index contributed by atoms with van der Waals surface area (Å²) in [4.78, 5) is 16.7. The molecule has 0 bridgehead atoms. The standard InChI is InChI=1S/C16H13ClN2O2S/c1-9-6-7-12(17)14-13(9)18-16(22-14)19-15(20)10-4-3-5-11(8-10)21-2/h3-8H,1-2H3,(H,18,19,20). The Morgan fingerprint density at radius 1 is 1.32 bits per heavy atom. The van der Waals surface area contributed by atoms with E-state index in [9.17, 15) is 4.79 Å². The van der Waals surface area contributed by atoms with Crippen LogP contribution in [0.25, 0.3) is 10.2 Å². The molecule has 0 fully saturated rings. The van der Waals surface area contributed by atoms with E-state index in [1.54, 1.807) is 31.4 Å². The van der Waals surface area contributed by atoms with Crippen molar-refractivity contribution in [2.24, 2.45) is 0 Å². The molecule has 112 valence electrons. The van der Waals surface area contributed by atoms with Crippen LogP contribution in [0, 0.1) is 6.92 Å². The first-order valence-corrected chi connectivity index (χ1v) is 7.79. The van der Waals surface area contributed by atoms with Crippen molar-refractivity contribution < 1.29 is 9.53 Å². The number of aryl methyl sites for hydroxylation is 1. The molecule has 0 aliphatic carbocycles. The number of nitrogens with zero attached hydrogens (tertiary/aromatic N) is 1. The van der Waals surface area contributed by atoms with Gasteiger partial charge in [0.1, 0.15) is 5.75 Å². The Kier molecular flexibility index (Phi) is 4.00. The highest BCUT2D eigenvalue weighted by Crippen LogP contribution is 2.34. The smallest absolute Gasteiger partial charge is 0.257 e. The fourth-order valence-corrected chi connectivity index (χ4v) is 3.30. The van der Waals surface area contributed by atoms with Crippen LogP contribution in [-0.2, 0) is 0 Å². The summed E-state index contributed by atoms with van der Waals surface area (Å²) in [5.41, 5.74) is 2.36. The highest BCUT2D eigenvalue weighted by Gasteiger charge is 2.13. The molecule has 0 saturated heterocycles. The zero-order chi connectivity index (χ0) is 15.7. The van der Waals surface area contributed by atoms with E-state index in [4.69, 9.17) is 16.3 Å². The molecule has 1 N–H and O–H groups in total. The van der Waals surface area contributed by atoms with Gasteiger partial charge in [0.25, 0.3) is 5.91 Å². The predicted octanol–water partition coefficient (Wildman–Crippen LogP) is 4.52. The zero-order valence-corrected chi connectivity index (χ0v) is 13.6. The summed E-state index contributed by atoms with van der Waals surface area (Å²) in [6.07, 6.45) is 0. The third kappa shape index (κ3) is 2.77. The molecule has 3 aromatic rings. The predicted molar refractivity (Wildman–Crippen MR) is 90.3 cm³/mol. The van der Waals surface area contributed by atoms with Gasteiger partial charge in [-0.25, -0.2) is 4.98 Å². The molecule has 0 spiro atoms. The van der Waals surface area contributed by atoms with Crippen molar-refractivity contribution in [1.29, 1.82) is 0 Å². The summed E-state index contributed by atoms with van der Waals surface area (Å²) in [6.45, 7) is 1.96. The van der Waals surface area contributed by atoms with Crippen molar-refractivity contribution in [2.45, 2.75) is 6.92 Å². The monoisotopic (exact) mass is 332 g/mol. The number of aromatic nitrogens is 1. The molecule has 0 aliphatic heterocycles. The fraction of sp³-hybridized carbons (Fsp3) is 0.125. The Bertz CT molecular complexity index is 821. The van der Waals surface area contributed by atoms with Gasteiger partial charge < -0.3 is 4.74 Å². The van der Waals surface area contributed by atoms with E-state index in [1.165, 1.54) is 11.3 Å². The lowest BCUT2D eigenvalue weighted by Crippen LogP contribution is -2.11. The maximum Gasteiger partial charge on any atom is 0.257 e. The minimum atomic E-state index is -0.230. The van der Waals surface area contributed by atoms with Gasteiger partial charge in [-0.15, -0.1) is 0 Å². The van der Waals surface area contributed by atoms with Crippen LogP contribution >= 0.6 is 22.9 Å². The highest BCUT2D eigenvalue weighted by atomic mass is 35.5. The molecule has 0 aliphatic rings. The number of methoxy groups -OCH3 is 1. The first-order chi connectivity index (χ1) is 10.6. The van der Waals surface area contributed by atoms with Gasteiger partial charge in [-0.3, -0.25) is 10.1 Å². The van der Waals surface area contributed by atoms with Gasteiger partial charge in [0.15, 0.2) is 5.13 Å². The number of hydrogen-bond acceptors (Lipinski definition) is 4. The number of nitrogens with one attached hydrogen (secondary N) is 1. The summed E-state index contributed by atoms with van der Waals surface area (Å²) in [7, 11) is 1.56. The average molecular weight is 333 g/mol. The van der Waals surface area contributed by atoms with Crippen LogP contribution in [0.15, 0.2) is 36.4 Å². The van der Waals surface area contributed by atoms with Crippen molar-refractivity contribution in [3.63, 3.8) is 0 Å². The molecule has 2 aromatic carbocycles. The lowest BCUT2D eigenvalue weighted by molar-refractivity contribution is 0.102. The molecule has 0 radical (unpaired) electrons. The second-order valence-corrected chi connectivity index (χ2v) is 6.15. The summed E-state index contributed by atoms with van der Waals surface area (Å²) in [5.74, 6) is 0.405. The summed E-state index contributed by atoms with van der Waals surface area (Å²) in [5, 5.41) is 3.97. The van der Waals surface area contributed by atoms with Crippen molar-refractivity contribution in [1.82, 2.24) is 4.98 Å². The van der Waals surface area contributed by atoms with E-state index < -0.39 is 0 Å². The highest BCUT2D eigenvalue weighted by molar-refractivity contribution is 7.23. The number of carbonyl (C=O) groups excluding carboxylic acids is 1. The Hall–Kier alpha value is -2.11. The van der Waals surface area contributed by atoms with Crippen LogP contribution in [0.2, 0.25) is 5.02 Å². The second-order valence-electron chi connectivity index (χ2n) is 4.75. The van der Waals surface area contributed by atoms with Crippen molar-refractivity contribution >= 4 is 44.2 Å². The van der Waals surface area contributed by atoms with Gasteiger partial charge in [-0.2, -0.15) is 0 Å². The molecule has 4 nitrogen and oxygen atoms in total. The third-order valence-corrected chi connectivity index (χ3v) is 4.68. The van der Waals surface area contributed by atoms with Crippen LogP contribution in [0.5, 0.6) is 5.75 Å². The third-order valence-electron chi connectivity index (χ3n) is 3.25. The molecule has 1 heterocycles. The van der Waals surface area contributed by atoms with Crippen molar-refractivity contribution in [3.8, 4) is 5.75 Å². The molecule has 22 heavy (non-hydrogen) atoms. The van der Waals surface area contributed by atoms with E-state index >= 15 is 0 Å². The van der Waals surface area contributed by atoms with Gasteiger partial charge in [-0.1, -0.05) is 35.1 Å². The number of thiazole rings is 1. The molecule has 1 amide bonds. The topological polar surface area (TPSA) is 51.2 Å². The van der Waals surface area contributed by atoms with Crippen LogP contribution in [0.1, 0.15) is 15.9 Å². The maximum atomic E-state index is 12.3. The summed E-state index contributed by atoms with van der Waals surface area (Å²) < 4.78 is 6.00. The first-order valence-electron chi connectivity index (χ1n) is 6.59. The Labute approximate surface area is 136 Å². The Balaban J connectivity index is 1.91. The van der Waals surface area contributed by atoms with E-state index in [0.717, 1.165) is 15.8 Å². The second kappa shape index (κ2) is 5.94. The van der Waals surface area contributed by atoms with Gasteiger partial charge in [0.2, 0.25) is 0 Å². The van der Waals surface area contributed by atoms with Crippen LogP contribution in [0.3, 0.4) is 0 Å². The first kappa shape index (κ1) is 14.8. The number of fused-ring (bicyclic) bond motifs is 1. The lowest BCUT2D eigenvalue weighted by atomic mass is 10.2. The number of rotatable bonds is 3. The number of benzene rings is 2. The normalized spacial score (nSPS) is 10.7. The fourth-order valence-electron chi connectivity index (χ4n) is 2.09. The number of halogens is 1. The van der Waals surface area contributed by atoms with Gasteiger partial charge >= 0.3 is 0 Å². The summed E-state index contributed by atoms with van der Waals surface area (Å²) in [6, 6.07) is 10.7. The summed E-state index contributed by atoms with van der Waals surface area (Å²) >= 11 is 7.54. The van der Waals surface area contributed by atoms with Crippen molar-refractivity contribution in [3.05, 3.63) is 52.5 Å². The van der Waals surface area contributed by atoms with Crippen LogP contribution < -0.4 is 10.1 Å². The molecule has 0 atom stereocenters. The van der Waals surface area contributed by atoms with E-state index in [1.807, 2.05) is 19.1 Å². The SMILES string of the molecule is COc1cccc(C(=O)Nc2nc3c(C)ccc(Cl)c3s2)c1. The minimum Gasteiger partial charge on any atom is -0.497 e. The van der Waals surface area contributed by atoms with Crippen LogP contribution in [-0.4, -0.2) is 18.0 Å². The molecule has 6 heteroatoms. The van der Waals surface area contributed by atoms with E-state index in [0.29, 0.717) is 21.5 Å². The Morgan fingerprint density at radius 3 is 2.86 bits per heavy atom.